The van der Waals surface area contributed by atoms with Crippen LogP contribution >= 0.6 is 0 Å². The van der Waals surface area contributed by atoms with Crippen LogP contribution in [-0.2, 0) is 0 Å². The van der Waals surface area contributed by atoms with Crippen molar-refractivity contribution in [2.45, 2.75) is 34.6 Å². The molecule has 0 spiro atoms. The first-order valence-corrected chi connectivity index (χ1v) is 8.16. The van der Waals surface area contributed by atoms with Gasteiger partial charge in [-0.2, -0.15) is 4.98 Å². The van der Waals surface area contributed by atoms with E-state index in [0.29, 0.717) is 22.3 Å². The van der Waals surface area contributed by atoms with Crippen LogP contribution in [0.1, 0.15) is 38.2 Å². The number of hydrogen-bond acceptors (Lipinski definition) is 4. The molecule has 0 unspecified atom stereocenters. The van der Waals surface area contributed by atoms with Gasteiger partial charge in [-0.05, 0) is 68.5 Å². The van der Waals surface area contributed by atoms with E-state index in [2.05, 4.69) is 10.1 Å². The van der Waals surface area contributed by atoms with Crippen LogP contribution in [0.2, 0.25) is 0 Å². The molecule has 0 saturated carbocycles. The van der Waals surface area contributed by atoms with Gasteiger partial charge in [0.1, 0.15) is 5.82 Å². The summed E-state index contributed by atoms with van der Waals surface area (Å²) in [4.78, 5) is 15.9. The van der Waals surface area contributed by atoms with Crippen LogP contribution < -0.4 is 0 Å². The largest absolute Gasteiger partial charge is 0.478 e. The SMILES string of the molecule is Cc1cc(C)c(-c2nc(-c3c(C)cc(C)c(C(=O)O)c3C)no2)c(F)c1. The summed E-state index contributed by atoms with van der Waals surface area (Å²) >= 11 is 0. The number of halogens is 1. The lowest BCUT2D eigenvalue weighted by Gasteiger charge is -2.12. The fourth-order valence-corrected chi connectivity index (χ4v) is 3.47. The van der Waals surface area contributed by atoms with E-state index >= 15 is 0 Å². The number of nitrogens with zero attached hydrogens (tertiary/aromatic N) is 2. The van der Waals surface area contributed by atoms with Crippen LogP contribution in [0.3, 0.4) is 0 Å². The quantitative estimate of drug-likeness (QED) is 0.732. The first kappa shape index (κ1) is 17.8. The third-order valence-corrected chi connectivity index (χ3v) is 4.48. The molecule has 3 aromatic rings. The second-order valence-corrected chi connectivity index (χ2v) is 6.55. The number of carbonyl (C=O) groups is 1. The van der Waals surface area contributed by atoms with Gasteiger partial charge in [-0.15, -0.1) is 0 Å². The van der Waals surface area contributed by atoms with Crippen molar-refractivity contribution >= 4 is 5.97 Å². The summed E-state index contributed by atoms with van der Waals surface area (Å²) in [6, 6.07) is 5.03. The van der Waals surface area contributed by atoms with E-state index < -0.39 is 11.8 Å². The molecule has 6 heteroatoms. The van der Waals surface area contributed by atoms with Crippen molar-refractivity contribution < 1.29 is 18.8 Å². The Bertz CT molecular complexity index is 1010. The van der Waals surface area contributed by atoms with E-state index in [1.807, 2.05) is 19.9 Å². The van der Waals surface area contributed by atoms with Crippen LogP contribution in [0.4, 0.5) is 4.39 Å². The third-order valence-electron chi connectivity index (χ3n) is 4.48. The van der Waals surface area contributed by atoms with Crippen molar-refractivity contribution in [3.63, 3.8) is 0 Å². The third kappa shape index (κ3) is 2.87. The Hall–Kier alpha value is -3.02. The number of carboxylic acid groups (broad SMARTS) is 1. The Morgan fingerprint density at radius 2 is 1.65 bits per heavy atom. The van der Waals surface area contributed by atoms with Gasteiger partial charge >= 0.3 is 5.97 Å². The molecule has 3 rings (SSSR count). The molecule has 0 saturated heterocycles. The number of hydrogen-bond donors (Lipinski definition) is 1. The molecule has 1 N–H and O–H groups in total. The van der Waals surface area contributed by atoms with Crippen molar-refractivity contribution in [1.29, 1.82) is 0 Å². The predicted octanol–water partition coefficient (Wildman–Crippen LogP) is 4.78. The number of rotatable bonds is 3. The molecule has 0 aliphatic heterocycles. The number of aromatic carboxylic acids is 1. The predicted molar refractivity (Wildman–Crippen MR) is 95.8 cm³/mol. The number of aryl methyl sites for hydroxylation is 4. The Balaban J connectivity index is 2.18. The second-order valence-electron chi connectivity index (χ2n) is 6.55. The maximum Gasteiger partial charge on any atom is 0.336 e. The molecule has 0 fully saturated rings. The molecule has 0 atom stereocenters. The Labute approximate surface area is 150 Å². The summed E-state index contributed by atoms with van der Waals surface area (Å²) in [7, 11) is 0. The van der Waals surface area contributed by atoms with E-state index in [1.54, 1.807) is 26.8 Å². The van der Waals surface area contributed by atoms with Crippen LogP contribution in [0.5, 0.6) is 0 Å². The highest BCUT2D eigenvalue weighted by Crippen LogP contribution is 2.33. The molecule has 2 aromatic carbocycles. The standard InChI is InChI=1S/C20H19FN2O3/c1-9-6-10(2)17(14(21)7-9)19-22-18(23-26-19)15-11(3)8-12(4)16(13(15)5)20(24)25/h6-8H,1-5H3,(H,24,25). The van der Waals surface area contributed by atoms with Gasteiger partial charge in [0.2, 0.25) is 5.82 Å². The van der Waals surface area contributed by atoms with E-state index in [4.69, 9.17) is 4.52 Å². The van der Waals surface area contributed by atoms with Crippen molar-refractivity contribution in [3.8, 4) is 22.8 Å². The fraction of sp³-hybridized carbons (Fsp3) is 0.250. The maximum atomic E-state index is 14.4. The smallest absolute Gasteiger partial charge is 0.336 e. The number of carboxylic acids is 1. The average Bonchev–Trinajstić information content (AvgIpc) is 2.94. The van der Waals surface area contributed by atoms with Crippen LogP contribution in [-0.4, -0.2) is 21.2 Å². The maximum absolute atomic E-state index is 14.4. The Morgan fingerprint density at radius 1 is 1.00 bits per heavy atom. The lowest BCUT2D eigenvalue weighted by atomic mass is 9.93. The van der Waals surface area contributed by atoms with E-state index in [9.17, 15) is 14.3 Å². The highest BCUT2D eigenvalue weighted by atomic mass is 19.1. The normalized spacial score (nSPS) is 11.0. The van der Waals surface area contributed by atoms with Gasteiger partial charge in [0.15, 0.2) is 0 Å². The molecular weight excluding hydrogens is 335 g/mol. The first-order valence-electron chi connectivity index (χ1n) is 8.16. The van der Waals surface area contributed by atoms with Crippen LogP contribution in [0.25, 0.3) is 22.8 Å². The van der Waals surface area contributed by atoms with Crippen molar-refractivity contribution in [1.82, 2.24) is 10.1 Å². The minimum absolute atomic E-state index is 0.0752. The van der Waals surface area contributed by atoms with E-state index in [1.165, 1.54) is 6.07 Å². The van der Waals surface area contributed by atoms with Gasteiger partial charge in [-0.1, -0.05) is 17.3 Å². The highest BCUT2D eigenvalue weighted by molar-refractivity contribution is 5.94. The van der Waals surface area contributed by atoms with Gasteiger partial charge in [-0.3, -0.25) is 0 Å². The molecule has 5 nitrogen and oxygen atoms in total. The van der Waals surface area contributed by atoms with Gasteiger partial charge in [0.05, 0.1) is 11.1 Å². The molecule has 0 aliphatic rings. The minimum Gasteiger partial charge on any atom is -0.478 e. The Kier molecular flexibility index (Phi) is 4.36. The van der Waals surface area contributed by atoms with Crippen LogP contribution in [0, 0.1) is 40.4 Å². The Morgan fingerprint density at radius 3 is 2.27 bits per heavy atom. The molecule has 0 amide bonds. The lowest BCUT2D eigenvalue weighted by molar-refractivity contribution is 0.0695. The summed E-state index contributed by atoms with van der Waals surface area (Å²) in [6.07, 6.45) is 0. The summed E-state index contributed by atoms with van der Waals surface area (Å²) in [6.45, 7) is 8.91. The number of benzene rings is 2. The van der Waals surface area contributed by atoms with Crippen LogP contribution in [0.15, 0.2) is 22.7 Å². The summed E-state index contributed by atoms with van der Waals surface area (Å²) in [5.41, 5.74) is 4.63. The second kappa shape index (κ2) is 6.37. The van der Waals surface area contributed by atoms with E-state index in [0.717, 1.165) is 11.1 Å². The molecule has 0 aliphatic carbocycles. The lowest BCUT2D eigenvalue weighted by Crippen LogP contribution is -2.06. The molecule has 134 valence electrons. The summed E-state index contributed by atoms with van der Waals surface area (Å²) in [5.74, 6) is -1.12. The fourth-order valence-electron chi connectivity index (χ4n) is 3.47. The summed E-state index contributed by atoms with van der Waals surface area (Å²) < 4.78 is 19.7. The molecule has 0 bridgehead atoms. The zero-order chi connectivity index (χ0) is 19.2. The van der Waals surface area contributed by atoms with Gasteiger partial charge in [0, 0.05) is 5.56 Å². The monoisotopic (exact) mass is 354 g/mol. The molecule has 26 heavy (non-hydrogen) atoms. The van der Waals surface area contributed by atoms with Crippen molar-refractivity contribution in [2.75, 3.05) is 0 Å². The van der Waals surface area contributed by atoms with Gasteiger partial charge < -0.3 is 9.63 Å². The zero-order valence-electron chi connectivity index (χ0n) is 15.3. The van der Waals surface area contributed by atoms with Crippen molar-refractivity contribution in [3.05, 3.63) is 57.4 Å². The summed E-state index contributed by atoms with van der Waals surface area (Å²) in [5, 5.41) is 13.5. The topological polar surface area (TPSA) is 76.2 Å². The highest BCUT2D eigenvalue weighted by Gasteiger charge is 2.22. The average molecular weight is 354 g/mol. The molecule has 1 heterocycles. The zero-order valence-corrected chi connectivity index (χ0v) is 15.3. The van der Waals surface area contributed by atoms with E-state index in [-0.39, 0.29) is 22.8 Å². The van der Waals surface area contributed by atoms with Crippen molar-refractivity contribution in [2.24, 2.45) is 0 Å². The minimum atomic E-state index is -1.01. The molecule has 1 aromatic heterocycles. The molecule has 0 radical (unpaired) electrons. The first-order chi connectivity index (χ1) is 12.2. The van der Waals surface area contributed by atoms with Gasteiger partial charge in [-0.25, -0.2) is 9.18 Å². The van der Waals surface area contributed by atoms with Gasteiger partial charge in [0.25, 0.3) is 5.89 Å². The molecular formula is C20H19FN2O3. The number of aromatic nitrogens is 2.